The van der Waals surface area contributed by atoms with Crippen LogP contribution in [0.1, 0.15) is 27.0 Å². The SMILES string of the molecule is O=C(c1ccccc1)c1ccc(N2C(=O)/C(=C\c3ccc(Cl)cc3)N=C2c2ccccc2)cc1. The van der Waals surface area contributed by atoms with Crippen molar-refractivity contribution >= 4 is 40.9 Å². The van der Waals surface area contributed by atoms with Gasteiger partial charge >= 0.3 is 0 Å². The Hall–Kier alpha value is -4.28. The lowest BCUT2D eigenvalue weighted by Crippen LogP contribution is -2.32. The zero-order valence-corrected chi connectivity index (χ0v) is 18.8. The van der Waals surface area contributed by atoms with Crippen LogP contribution in [0.2, 0.25) is 5.02 Å². The maximum absolute atomic E-state index is 13.5. The van der Waals surface area contributed by atoms with Crippen LogP contribution < -0.4 is 4.90 Å². The van der Waals surface area contributed by atoms with Gasteiger partial charge in [-0.2, -0.15) is 0 Å². The van der Waals surface area contributed by atoms with Crippen LogP contribution in [0.15, 0.2) is 120 Å². The lowest BCUT2D eigenvalue weighted by molar-refractivity contribution is -0.113. The van der Waals surface area contributed by atoms with Crippen molar-refractivity contribution < 1.29 is 9.59 Å². The lowest BCUT2D eigenvalue weighted by atomic mass is 10.0. The number of hydrogen-bond acceptors (Lipinski definition) is 3. The number of benzene rings is 4. The van der Waals surface area contributed by atoms with Crippen LogP contribution in [0.3, 0.4) is 0 Å². The Morgan fingerprint density at radius 3 is 1.97 bits per heavy atom. The molecule has 0 aromatic heterocycles. The van der Waals surface area contributed by atoms with Gasteiger partial charge in [-0.1, -0.05) is 84.4 Å². The molecule has 1 amide bonds. The summed E-state index contributed by atoms with van der Waals surface area (Å²) in [6.45, 7) is 0. The number of carbonyl (C=O) groups excluding carboxylic acids is 2. The van der Waals surface area contributed by atoms with Crippen molar-refractivity contribution in [2.45, 2.75) is 0 Å². The fourth-order valence-electron chi connectivity index (χ4n) is 3.77. The quantitative estimate of drug-likeness (QED) is 0.254. The molecule has 1 aliphatic heterocycles. The van der Waals surface area contributed by atoms with Crippen LogP contribution >= 0.6 is 11.6 Å². The number of rotatable bonds is 5. The van der Waals surface area contributed by atoms with Gasteiger partial charge in [0.15, 0.2) is 5.78 Å². The molecule has 0 saturated heterocycles. The summed E-state index contributed by atoms with van der Waals surface area (Å²) in [5.41, 5.74) is 3.78. The second-order valence-electron chi connectivity index (χ2n) is 7.77. The molecule has 4 nitrogen and oxygen atoms in total. The first-order valence-corrected chi connectivity index (χ1v) is 11.1. The second kappa shape index (κ2) is 9.30. The smallest absolute Gasteiger partial charge is 0.282 e. The average Bonchev–Trinajstić information content (AvgIpc) is 3.22. The van der Waals surface area contributed by atoms with Gasteiger partial charge in [-0.3, -0.25) is 14.5 Å². The van der Waals surface area contributed by atoms with Gasteiger partial charge in [0.2, 0.25) is 0 Å². The monoisotopic (exact) mass is 462 g/mol. The Kier molecular flexibility index (Phi) is 5.90. The summed E-state index contributed by atoms with van der Waals surface area (Å²) >= 11 is 5.99. The van der Waals surface area contributed by atoms with E-state index < -0.39 is 0 Å². The first-order valence-electron chi connectivity index (χ1n) is 10.8. The van der Waals surface area contributed by atoms with E-state index in [0.717, 1.165) is 11.1 Å². The molecule has 0 unspecified atom stereocenters. The van der Waals surface area contributed by atoms with E-state index in [0.29, 0.717) is 33.4 Å². The van der Waals surface area contributed by atoms with Crippen LogP contribution in [-0.2, 0) is 4.79 Å². The number of carbonyl (C=O) groups is 2. The van der Waals surface area contributed by atoms with Gasteiger partial charge in [0.05, 0.1) is 5.69 Å². The van der Waals surface area contributed by atoms with Crippen molar-refractivity contribution in [3.8, 4) is 0 Å². The number of hydrogen-bond donors (Lipinski definition) is 0. The molecule has 0 fully saturated rings. The zero-order valence-electron chi connectivity index (χ0n) is 18.1. The summed E-state index contributed by atoms with van der Waals surface area (Å²) in [5, 5.41) is 0.625. The third kappa shape index (κ3) is 4.32. The highest BCUT2D eigenvalue weighted by Crippen LogP contribution is 2.28. The molecule has 0 radical (unpaired) electrons. The van der Waals surface area contributed by atoms with Crippen LogP contribution in [0.25, 0.3) is 6.08 Å². The van der Waals surface area contributed by atoms with Gasteiger partial charge in [0, 0.05) is 21.7 Å². The van der Waals surface area contributed by atoms with Crippen molar-refractivity contribution in [2.75, 3.05) is 4.90 Å². The molecule has 164 valence electrons. The second-order valence-corrected chi connectivity index (χ2v) is 8.20. The van der Waals surface area contributed by atoms with Crippen molar-refractivity contribution in [3.63, 3.8) is 0 Å². The summed E-state index contributed by atoms with van der Waals surface area (Å²) in [6, 6.07) is 32.9. The Balaban J connectivity index is 1.51. The van der Waals surface area contributed by atoms with E-state index in [-0.39, 0.29) is 11.7 Å². The number of ketones is 1. The van der Waals surface area contributed by atoms with Crippen molar-refractivity contribution in [3.05, 3.63) is 142 Å². The molecular weight excluding hydrogens is 444 g/mol. The summed E-state index contributed by atoms with van der Waals surface area (Å²) in [5.74, 6) is 0.226. The lowest BCUT2D eigenvalue weighted by Gasteiger charge is -2.19. The average molecular weight is 463 g/mol. The topological polar surface area (TPSA) is 49.7 Å². The van der Waals surface area contributed by atoms with Crippen LogP contribution in [0.4, 0.5) is 5.69 Å². The number of amides is 1. The Labute approximate surface area is 202 Å². The fraction of sp³-hybridized carbons (Fsp3) is 0. The Morgan fingerprint density at radius 2 is 1.32 bits per heavy atom. The van der Waals surface area contributed by atoms with E-state index >= 15 is 0 Å². The molecule has 0 aliphatic carbocycles. The summed E-state index contributed by atoms with van der Waals surface area (Å²) in [6.07, 6.45) is 1.74. The first-order chi connectivity index (χ1) is 16.6. The summed E-state index contributed by atoms with van der Waals surface area (Å²) < 4.78 is 0. The maximum Gasteiger partial charge on any atom is 0.282 e. The van der Waals surface area contributed by atoms with Crippen LogP contribution in [-0.4, -0.2) is 17.5 Å². The van der Waals surface area contributed by atoms with E-state index in [2.05, 4.69) is 4.99 Å². The minimum Gasteiger partial charge on any atom is -0.289 e. The van der Waals surface area contributed by atoms with E-state index in [1.165, 1.54) is 0 Å². The van der Waals surface area contributed by atoms with Gasteiger partial charge in [-0.25, -0.2) is 4.99 Å². The van der Waals surface area contributed by atoms with Crippen molar-refractivity contribution in [2.24, 2.45) is 4.99 Å². The summed E-state index contributed by atoms with van der Waals surface area (Å²) in [4.78, 5) is 32.5. The van der Waals surface area contributed by atoms with Crippen LogP contribution in [0, 0.1) is 0 Å². The predicted octanol–water partition coefficient (Wildman–Crippen LogP) is 6.41. The molecular formula is C29H19ClN2O2. The fourth-order valence-corrected chi connectivity index (χ4v) is 3.90. The highest BCUT2D eigenvalue weighted by Gasteiger charge is 2.32. The van der Waals surface area contributed by atoms with Gasteiger partial charge in [-0.05, 0) is 48.0 Å². The Morgan fingerprint density at radius 1 is 0.735 bits per heavy atom. The van der Waals surface area contributed by atoms with Gasteiger partial charge in [0.1, 0.15) is 11.5 Å². The Bertz CT molecular complexity index is 1410. The minimum atomic E-state index is -0.240. The van der Waals surface area contributed by atoms with E-state index in [1.54, 1.807) is 59.5 Å². The molecule has 0 atom stereocenters. The number of anilines is 1. The molecule has 5 rings (SSSR count). The number of aliphatic imine (C=N–C) groups is 1. The van der Waals surface area contributed by atoms with E-state index in [9.17, 15) is 9.59 Å². The predicted molar refractivity (Wildman–Crippen MR) is 136 cm³/mol. The normalized spacial score (nSPS) is 14.4. The molecule has 1 aliphatic rings. The highest BCUT2D eigenvalue weighted by molar-refractivity contribution is 6.33. The minimum absolute atomic E-state index is 0.0693. The largest absolute Gasteiger partial charge is 0.289 e. The summed E-state index contributed by atoms with van der Waals surface area (Å²) in [7, 11) is 0. The molecule has 4 aromatic carbocycles. The van der Waals surface area contributed by atoms with Gasteiger partial charge in [0.25, 0.3) is 5.91 Å². The molecule has 5 heteroatoms. The highest BCUT2D eigenvalue weighted by atomic mass is 35.5. The van der Waals surface area contributed by atoms with E-state index in [1.807, 2.05) is 60.7 Å². The third-order valence-electron chi connectivity index (χ3n) is 5.49. The molecule has 0 N–H and O–H groups in total. The number of amidine groups is 1. The molecule has 1 heterocycles. The van der Waals surface area contributed by atoms with Crippen LogP contribution in [0.5, 0.6) is 0 Å². The zero-order chi connectivity index (χ0) is 23.5. The molecule has 4 aromatic rings. The maximum atomic E-state index is 13.5. The van der Waals surface area contributed by atoms with Crippen molar-refractivity contribution in [1.82, 2.24) is 0 Å². The van der Waals surface area contributed by atoms with Gasteiger partial charge in [-0.15, -0.1) is 0 Å². The molecule has 0 bridgehead atoms. The molecule has 0 spiro atoms. The first kappa shape index (κ1) is 21.6. The standard InChI is InChI=1S/C29H19ClN2O2/c30-24-15-11-20(12-16-24)19-26-29(34)32(28(31-26)23-9-5-2-6-10-23)25-17-13-22(14-18-25)27(33)21-7-3-1-4-8-21/h1-19H/b26-19+. The van der Waals surface area contributed by atoms with E-state index in [4.69, 9.17) is 11.6 Å². The third-order valence-corrected chi connectivity index (χ3v) is 5.74. The number of halogens is 1. The molecule has 0 saturated carbocycles. The molecule has 34 heavy (non-hydrogen) atoms. The van der Waals surface area contributed by atoms with Crippen molar-refractivity contribution in [1.29, 1.82) is 0 Å². The number of nitrogens with zero attached hydrogens (tertiary/aromatic N) is 2. The van der Waals surface area contributed by atoms with Gasteiger partial charge < -0.3 is 0 Å².